The molecule has 0 fully saturated rings. The zero-order chi connectivity index (χ0) is 16.8. The van der Waals surface area contributed by atoms with Crippen molar-refractivity contribution in [2.45, 2.75) is 6.61 Å². The molecule has 0 bridgehead atoms. The summed E-state index contributed by atoms with van der Waals surface area (Å²) >= 11 is 17.7. The van der Waals surface area contributed by atoms with E-state index >= 15 is 0 Å². The molecule has 1 amide bonds. The number of carbonyl (C=O) groups excluding carboxylic acids is 2. The minimum atomic E-state index is -0.628. The van der Waals surface area contributed by atoms with E-state index in [2.05, 4.69) is 10.3 Å². The van der Waals surface area contributed by atoms with Gasteiger partial charge in [0.1, 0.15) is 18.8 Å². The fourth-order valence-electron chi connectivity index (χ4n) is 1.65. The Morgan fingerprint density at radius 1 is 1.13 bits per heavy atom. The van der Waals surface area contributed by atoms with Crippen molar-refractivity contribution in [1.82, 2.24) is 10.3 Å². The van der Waals surface area contributed by atoms with E-state index in [1.807, 2.05) is 0 Å². The largest absolute Gasteiger partial charge is 0.459 e. The van der Waals surface area contributed by atoms with Gasteiger partial charge in [-0.1, -0.05) is 40.9 Å². The van der Waals surface area contributed by atoms with E-state index < -0.39 is 11.9 Å². The van der Waals surface area contributed by atoms with Gasteiger partial charge in [0, 0.05) is 26.8 Å². The number of nitrogens with one attached hydrogen (secondary N) is 1. The molecule has 0 aliphatic rings. The van der Waals surface area contributed by atoms with Crippen LogP contribution in [0.1, 0.15) is 16.1 Å². The molecular formula is C15H11Cl3N2O3. The summed E-state index contributed by atoms with van der Waals surface area (Å²) < 4.78 is 5.03. The molecule has 2 aromatic rings. The number of pyridine rings is 1. The lowest BCUT2D eigenvalue weighted by Crippen LogP contribution is -2.31. The van der Waals surface area contributed by atoms with Crippen molar-refractivity contribution < 1.29 is 14.3 Å². The summed E-state index contributed by atoms with van der Waals surface area (Å²) in [6.07, 6.45) is 1.40. The Labute approximate surface area is 147 Å². The van der Waals surface area contributed by atoms with Crippen LogP contribution in [0.2, 0.25) is 15.1 Å². The van der Waals surface area contributed by atoms with Crippen molar-refractivity contribution in [3.05, 3.63) is 62.9 Å². The van der Waals surface area contributed by atoms with Crippen molar-refractivity contribution in [1.29, 1.82) is 0 Å². The summed E-state index contributed by atoms with van der Waals surface area (Å²) in [5.41, 5.74) is 0.617. The molecule has 1 N–H and O–H groups in total. The maximum atomic E-state index is 11.8. The highest BCUT2D eigenvalue weighted by molar-refractivity contribution is 6.36. The highest BCUT2D eigenvalue weighted by atomic mass is 35.5. The minimum Gasteiger partial charge on any atom is -0.459 e. The van der Waals surface area contributed by atoms with Crippen molar-refractivity contribution in [3.8, 4) is 0 Å². The predicted octanol–water partition coefficient (Wildman–Crippen LogP) is 3.52. The van der Waals surface area contributed by atoms with E-state index in [-0.39, 0.29) is 18.8 Å². The Kier molecular flexibility index (Phi) is 6.21. The van der Waals surface area contributed by atoms with Crippen molar-refractivity contribution in [2.24, 2.45) is 0 Å². The van der Waals surface area contributed by atoms with Gasteiger partial charge in [-0.25, -0.2) is 0 Å². The Morgan fingerprint density at radius 2 is 1.83 bits per heavy atom. The van der Waals surface area contributed by atoms with E-state index in [1.165, 1.54) is 12.3 Å². The Hall–Kier alpha value is -1.82. The van der Waals surface area contributed by atoms with E-state index in [1.54, 1.807) is 24.3 Å². The summed E-state index contributed by atoms with van der Waals surface area (Å²) in [7, 11) is 0. The lowest BCUT2D eigenvalue weighted by molar-refractivity contribution is -0.143. The lowest BCUT2D eigenvalue weighted by atomic mass is 10.2. The number of nitrogens with zero attached hydrogens (tertiary/aromatic N) is 1. The number of carbonyl (C=O) groups is 2. The van der Waals surface area contributed by atoms with Crippen LogP contribution < -0.4 is 5.32 Å². The molecule has 0 saturated heterocycles. The van der Waals surface area contributed by atoms with Crippen LogP contribution in [-0.4, -0.2) is 23.4 Å². The van der Waals surface area contributed by atoms with Gasteiger partial charge in [0.25, 0.3) is 5.91 Å². The van der Waals surface area contributed by atoms with Gasteiger partial charge in [0.15, 0.2) is 0 Å². The Balaban J connectivity index is 1.85. The number of aromatic nitrogens is 1. The quantitative estimate of drug-likeness (QED) is 0.814. The second-order valence-corrected chi connectivity index (χ2v) is 5.65. The molecular weight excluding hydrogens is 363 g/mol. The topological polar surface area (TPSA) is 68.3 Å². The molecule has 1 aromatic carbocycles. The van der Waals surface area contributed by atoms with Gasteiger partial charge in [-0.2, -0.15) is 0 Å². The summed E-state index contributed by atoms with van der Waals surface area (Å²) in [6, 6.07) is 7.91. The van der Waals surface area contributed by atoms with Crippen LogP contribution in [0.25, 0.3) is 0 Å². The molecule has 0 aliphatic heterocycles. The average molecular weight is 374 g/mol. The molecule has 0 atom stereocenters. The maximum absolute atomic E-state index is 11.8. The third-order valence-electron chi connectivity index (χ3n) is 2.79. The monoisotopic (exact) mass is 372 g/mol. The fraction of sp³-hybridized carbons (Fsp3) is 0.133. The molecule has 1 aromatic heterocycles. The summed E-state index contributed by atoms with van der Waals surface area (Å²) in [5, 5.41) is 3.57. The fourth-order valence-corrected chi connectivity index (χ4v) is 2.31. The molecule has 5 nitrogen and oxygen atoms in total. The van der Waals surface area contributed by atoms with E-state index in [4.69, 9.17) is 39.5 Å². The highest BCUT2D eigenvalue weighted by Crippen LogP contribution is 2.24. The number of hydrogen-bond donors (Lipinski definition) is 1. The van der Waals surface area contributed by atoms with Crippen LogP contribution in [0.5, 0.6) is 0 Å². The van der Waals surface area contributed by atoms with Gasteiger partial charge in [0.2, 0.25) is 0 Å². The molecule has 0 unspecified atom stereocenters. The van der Waals surface area contributed by atoms with Gasteiger partial charge in [-0.15, -0.1) is 0 Å². The first kappa shape index (κ1) is 17.5. The summed E-state index contributed by atoms with van der Waals surface area (Å²) in [5.74, 6) is -1.16. The molecule has 8 heteroatoms. The second-order valence-electron chi connectivity index (χ2n) is 4.40. The number of hydrogen-bond acceptors (Lipinski definition) is 4. The third kappa shape index (κ3) is 5.10. The minimum absolute atomic E-state index is 0.0807. The zero-order valence-corrected chi connectivity index (χ0v) is 14.0. The predicted molar refractivity (Wildman–Crippen MR) is 87.8 cm³/mol. The van der Waals surface area contributed by atoms with Gasteiger partial charge in [0.05, 0.1) is 0 Å². The van der Waals surface area contributed by atoms with Gasteiger partial charge < -0.3 is 10.1 Å². The molecule has 120 valence electrons. The molecule has 0 saturated carbocycles. The van der Waals surface area contributed by atoms with Gasteiger partial charge in [-0.3, -0.25) is 14.6 Å². The molecule has 0 radical (unpaired) electrons. The highest BCUT2D eigenvalue weighted by Gasteiger charge is 2.12. The summed E-state index contributed by atoms with van der Waals surface area (Å²) in [4.78, 5) is 27.3. The Morgan fingerprint density at radius 3 is 2.48 bits per heavy atom. The first-order chi connectivity index (χ1) is 11.0. The van der Waals surface area contributed by atoms with Crippen LogP contribution in [-0.2, 0) is 16.1 Å². The number of amides is 1. The van der Waals surface area contributed by atoms with Crippen molar-refractivity contribution in [3.63, 3.8) is 0 Å². The van der Waals surface area contributed by atoms with Crippen molar-refractivity contribution >= 4 is 46.7 Å². The SMILES string of the molecule is O=C(CNC(=O)c1cc(Cl)ccn1)OCc1c(Cl)cccc1Cl. The average Bonchev–Trinajstić information content (AvgIpc) is 2.52. The van der Waals surface area contributed by atoms with Crippen LogP contribution in [0.3, 0.4) is 0 Å². The van der Waals surface area contributed by atoms with Crippen molar-refractivity contribution in [2.75, 3.05) is 6.54 Å². The normalized spacial score (nSPS) is 10.2. The molecule has 23 heavy (non-hydrogen) atoms. The standard InChI is InChI=1S/C15H11Cl3N2O3/c16-9-4-5-19-13(6-9)15(22)20-7-14(21)23-8-10-11(17)2-1-3-12(10)18/h1-6H,7-8H2,(H,20,22). The smallest absolute Gasteiger partial charge is 0.325 e. The van der Waals surface area contributed by atoms with Crippen LogP contribution in [0.15, 0.2) is 36.5 Å². The number of benzene rings is 1. The van der Waals surface area contributed by atoms with E-state index in [0.29, 0.717) is 20.6 Å². The molecule has 1 heterocycles. The van der Waals surface area contributed by atoms with Crippen LogP contribution >= 0.6 is 34.8 Å². The summed E-state index contributed by atoms with van der Waals surface area (Å²) in [6.45, 7) is -0.391. The number of halogens is 3. The second kappa shape index (κ2) is 8.15. The lowest BCUT2D eigenvalue weighted by Gasteiger charge is -2.09. The third-order valence-corrected chi connectivity index (χ3v) is 3.73. The molecule has 0 aliphatic carbocycles. The van der Waals surface area contributed by atoms with E-state index in [0.717, 1.165) is 0 Å². The first-order valence-corrected chi connectivity index (χ1v) is 7.59. The zero-order valence-electron chi connectivity index (χ0n) is 11.7. The maximum Gasteiger partial charge on any atom is 0.325 e. The number of rotatable bonds is 5. The molecule has 2 rings (SSSR count). The first-order valence-electron chi connectivity index (χ1n) is 6.45. The number of ether oxygens (including phenoxy) is 1. The van der Waals surface area contributed by atoms with Crippen LogP contribution in [0.4, 0.5) is 0 Å². The van der Waals surface area contributed by atoms with Crippen LogP contribution in [0, 0.1) is 0 Å². The Bertz CT molecular complexity index is 717. The van der Waals surface area contributed by atoms with E-state index in [9.17, 15) is 9.59 Å². The number of esters is 1. The van der Waals surface area contributed by atoms with Gasteiger partial charge in [-0.05, 0) is 24.3 Å². The molecule has 0 spiro atoms. The van der Waals surface area contributed by atoms with Gasteiger partial charge >= 0.3 is 5.97 Å².